The molecule has 1 aliphatic carbocycles. The molecule has 0 aromatic carbocycles. The number of nitrogens with one attached hydrogen (secondary N) is 1. The van der Waals surface area contributed by atoms with E-state index in [9.17, 15) is 9.59 Å². The Balaban J connectivity index is 2.29. The van der Waals surface area contributed by atoms with Crippen LogP contribution in [0.2, 0.25) is 0 Å². The Morgan fingerprint density at radius 1 is 1.11 bits per heavy atom. The van der Waals surface area contributed by atoms with Gasteiger partial charge in [0.25, 0.3) is 0 Å². The molecule has 4 nitrogen and oxygen atoms in total. The van der Waals surface area contributed by atoms with Crippen LogP contribution in [0.3, 0.4) is 0 Å². The van der Waals surface area contributed by atoms with Crippen LogP contribution in [0.15, 0.2) is 12.2 Å². The van der Waals surface area contributed by atoms with E-state index in [1.54, 1.807) is 0 Å². The molecule has 106 valence electrons. The van der Waals surface area contributed by atoms with E-state index in [2.05, 4.69) is 17.5 Å². The third-order valence-corrected chi connectivity index (χ3v) is 4.06. The SMILES string of the molecule is CC(C)C1NC(=O)C(C(C)C)N(C2CC=CC2)C1=O. The molecule has 2 amide bonds. The van der Waals surface area contributed by atoms with Gasteiger partial charge in [-0.1, -0.05) is 39.8 Å². The van der Waals surface area contributed by atoms with Gasteiger partial charge in [-0.2, -0.15) is 0 Å². The average molecular weight is 264 g/mol. The first-order valence-corrected chi connectivity index (χ1v) is 7.21. The van der Waals surface area contributed by atoms with E-state index < -0.39 is 0 Å². The second-order valence-corrected chi connectivity index (χ2v) is 6.26. The quantitative estimate of drug-likeness (QED) is 0.789. The summed E-state index contributed by atoms with van der Waals surface area (Å²) >= 11 is 0. The second-order valence-electron chi connectivity index (χ2n) is 6.26. The third kappa shape index (κ3) is 2.53. The van der Waals surface area contributed by atoms with E-state index in [4.69, 9.17) is 0 Å². The predicted molar refractivity (Wildman–Crippen MR) is 74.4 cm³/mol. The molecule has 1 fully saturated rings. The van der Waals surface area contributed by atoms with Crippen LogP contribution in [-0.4, -0.2) is 34.8 Å². The van der Waals surface area contributed by atoms with Crippen molar-refractivity contribution in [2.24, 2.45) is 11.8 Å². The number of nitrogens with zero attached hydrogens (tertiary/aromatic N) is 1. The van der Waals surface area contributed by atoms with E-state index in [0.717, 1.165) is 12.8 Å². The Bertz CT molecular complexity index is 393. The van der Waals surface area contributed by atoms with Crippen LogP contribution in [0.4, 0.5) is 0 Å². The smallest absolute Gasteiger partial charge is 0.246 e. The van der Waals surface area contributed by atoms with E-state index in [-0.39, 0.29) is 41.8 Å². The topological polar surface area (TPSA) is 49.4 Å². The molecular formula is C15H24N2O2. The number of hydrogen-bond acceptors (Lipinski definition) is 2. The van der Waals surface area contributed by atoms with Gasteiger partial charge in [0.15, 0.2) is 0 Å². The molecule has 2 aliphatic rings. The fourth-order valence-corrected chi connectivity index (χ4v) is 3.04. The number of rotatable bonds is 3. The molecule has 0 radical (unpaired) electrons. The fourth-order valence-electron chi connectivity index (χ4n) is 3.04. The van der Waals surface area contributed by atoms with Crippen molar-refractivity contribution in [1.82, 2.24) is 10.2 Å². The minimum Gasteiger partial charge on any atom is -0.342 e. The van der Waals surface area contributed by atoms with Crippen LogP contribution in [0.1, 0.15) is 40.5 Å². The average Bonchev–Trinajstić information content (AvgIpc) is 2.83. The van der Waals surface area contributed by atoms with E-state index in [1.807, 2.05) is 32.6 Å². The van der Waals surface area contributed by atoms with Crippen LogP contribution < -0.4 is 5.32 Å². The van der Waals surface area contributed by atoms with E-state index >= 15 is 0 Å². The molecule has 0 saturated carbocycles. The van der Waals surface area contributed by atoms with Gasteiger partial charge in [-0.25, -0.2) is 0 Å². The zero-order valence-electron chi connectivity index (χ0n) is 12.2. The summed E-state index contributed by atoms with van der Waals surface area (Å²) in [5.74, 6) is 0.348. The highest BCUT2D eigenvalue weighted by atomic mass is 16.2. The van der Waals surface area contributed by atoms with Crippen molar-refractivity contribution in [1.29, 1.82) is 0 Å². The fraction of sp³-hybridized carbons (Fsp3) is 0.733. The molecule has 0 bridgehead atoms. The first kappa shape index (κ1) is 14.1. The Hall–Kier alpha value is -1.32. The summed E-state index contributed by atoms with van der Waals surface area (Å²) < 4.78 is 0. The number of carbonyl (C=O) groups excluding carboxylic acids is 2. The Labute approximate surface area is 115 Å². The van der Waals surface area contributed by atoms with Gasteiger partial charge in [0.2, 0.25) is 11.8 Å². The van der Waals surface area contributed by atoms with Crippen LogP contribution in [0.25, 0.3) is 0 Å². The van der Waals surface area contributed by atoms with Crippen molar-refractivity contribution in [3.8, 4) is 0 Å². The van der Waals surface area contributed by atoms with Crippen molar-refractivity contribution >= 4 is 11.8 Å². The zero-order chi connectivity index (χ0) is 14.2. The van der Waals surface area contributed by atoms with Gasteiger partial charge < -0.3 is 10.2 Å². The summed E-state index contributed by atoms with van der Waals surface area (Å²) in [6.45, 7) is 7.96. The van der Waals surface area contributed by atoms with Crippen LogP contribution in [0.5, 0.6) is 0 Å². The van der Waals surface area contributed by atoms with Crippen molar-refractivity contribution in [2.45, 2.75) is 58.7 Å². The highest BCUT2D eigenvalue weighted by molar-refractivity contribution is 5.97. The van der Waals surface area contributed by atoms with E-state index in [0.29, 0.717) is 0 Å². The molecule has 19 heavy (non-hydrogen) atoms. The van der Waals surface area contributed by atoms with Gasteiger partial charge >= 0.3 is 0 Å². The molecule has 4 heteroatoms. The lowest BCUT2D eigenvalue weighted by Crippen LogP contribution is -2.68. The minimum absolute atomic E-state index is 0.000185. The van der Waals surface area contributed by atoms with Crippen LogP contribution in [-0.2, 0) is 9.59 Å². The van der Waals surface area contributed by atoms with Crippen LogP contribution >= 0.6 is 0 Å². The van der Waals surface area contributed by atoms with Crippen molar-refractivity contribution in [3.05, 3.63) is 12.2 Å². The van der Waals surface area contributed by atoms with Crippen LogP contribution in [0, 0.1) is 11.8 Å². The van der Waals surface area contributed by atoms with Gasteiger partial charge in [-0.15, -0.1) is 0 Å². The molecule has 1 saturated heterocycles. The maximum Gasteiger partial charge on any atom is 0.246 e. The first-order valence-electron chi connectivity index (χ1n) is 7.21. The lowest BCUT2D eigenvalue weighted by molar-refractivity contribution is -0.155. The normalized spacial score (nSPS) is 28.6. The summed E-state index contributed by atoms with van der Waals surface area (Å²) in [6, 6.07) is -0.539. The largest absolute Gasteiger partial charge is 0.342 e. The standard InChI is InChI=1S/C15H24N2O2/c1-9(2)12-15(19)17(11-7-5-6-8-11)13(10(3)4)14(18)16-12/h5-6,9-13H,7-8H2,1-4H3,(H,16,18). The predicted octanol–water partition coefficient (Wildman–Crippen LogP) is 1.71. The number of amides is 2. The molecule has 2 unspecified atom stereocenters. The van der Waals surface area contributed by atoms with Gasteiger partial charge in [0, 0.05) is 6.04 Å². The summed E-state index contributed by atoms with van der Waals surface area (Å²) in [5, 5.41) is 2.90. The van der Waals surface area contributed by atoms with E-state index in [1.165, 1.54) is 0 Å². The zero-order valence-corrected chi connectivity index (χ0v) is 12.2. The maximum absolute atomic E-state index is 12.7. The van der Waals surface area contributed by atoms with Gasteiger partial charge in [0.1, 0.15) is 12.1 Å². The summed E-state index contributed by atoms with van der Waals surface area (Å²) in [7, 11) is 0. The Kier molecular flexibility index (Phi) is 3.97. The highest BCUT2D eigenvalue weighted by Crippen LogP contribution is 2.28. The minimum atomic E-state index is -0.372. The number of hydrogen-bond donors (Lipinski definition) is 1. The maximum atomic E-state index is 12.7. The monoisotopic (exact) mass is 264 g/mol. The molecule has 1 N–H and O–H groups in total. The lowest BCUT2D eigenvalue weighted by atomic mass is 9.91. The van der Waals surface area contributed by atoms with Crippen molar-refractivity contribution in [3.63, 3.8) is 0 Å². The molecule has 2 rings (SSSR count). The highest BCUT2D eigenvalue weighted by Gasteiger charge is 2.45. The number of piperazine rings is 1. The molecule has 2 atom stereocenters. The molecular weight excluding hydrogens is 240 g/mol. The first-order chi connectivity index (χ1) is 8.93. The second kappa shape index (κ2) is 5.35. The molecule has 0 aromatic heterocycles. The third-order valence-electron chi connectivity index (χ3n) is 4.06. The molecule has 0 spiro atoms. The molecule has 1 aliphatic heterocycles. The van der Waals surface area contributed by atoms with Gasteiger partial charge in [-0.05, 0) is 24.7 Å². The Morgan fingerprint density at radius 2 is 1.68 bits per heavy atom. The van der Waals surface area contributed by atoms with Gasteiger partial charge in [0.05, 0.1) is 0 Å². The lowest BCUT2D eigenvalue weighted by Gasteiger charge is -2.45. The molecule has 1 heterocycles. The van der Waals surface area contributed by atoms with Gasteiger partial charge in [-0.3, -0.25) is 9.59 Å². The van der Waals surface area contributed by atoms with Crippen molar-refractivity contribution < 1.29 is 9.59 Å². The number of carbonyl (C=O) groups is 2. The Morgan fingerprint density at radius 3 is 2.16 bits per heavy atom. The molecule has 0 aromatic rings. The summed E-state index contributed by atoms with van der Waals surface area (Å²) in [6.07, 6.45) is 5.94. The summed E-state index contributed by atoms with van der Waals surface area (Å²) in [4.78, 5) is 26.9. The summed E-state index contributed by atoms with van der Waals surface area (Å²) in [5.41, 5.74) is 0. The van der Waals surface area contributed by atoms with Crippen molar-refractivity contribution in [2.75, 3.05) is 0 Å².